The third kappa shape index (κ3) is 4.64. The molecule has 0 bridgehead atoms. The van der Waals surface area contributed by atoms with Crippen molar-refractivity contribution >= 4 is 39.1 Å². The summed E-state index contributed by atoms with van der Waals surface area (Å²) in [7, 11) is 0. The number of amides is 2. The van der Waals surface area contributed by atoms with Crippen molar-refractivity contribution in [3.63, 3.8) is 0 Å². The fraction of sp³-hybridized carbons (Fsp3) is 0.200. The number of nitrogens with one attached hydrogen (secondary N) is 2. The van der Waals surface area contributed by atoms with Crippen molar-refractivity contribution in [1.82, 2.24) is 15.0 Å². The van der Waals surface area contributed by atoms with Gasteiger partial charge < -0.3 is 10.6 Å². The molecule has 8 heteroatoms. The van der Waals surface area contributed by atoms with Gasteiger partial charge in [0.1, 0.15) is 6.54 Å². The molecule has 0 aliphatic heterocycles. The number of aryl methyl sites for hydroxylation is 2. The Hall–Kier alpha value is -3.00. The van der Waals surface area contributed by atoms with Gasteiger partial charge in [0.25, 0.3) is 5.91 Å². The highest BCUT2D eigenvalue weighted by Crippen LogP contribution is 2.24. The third-order valence-electron chi connectivity index (χ3n) is 4.20. The van der Waals surface area contributed by atoms with Crippen LogP contribution in [0.3, 0.4) is 0 Å². The highest BCUT2D eigenvalue weighted by atomic mass is 79.9. The summed E-state index contributed by atoms with van der Waals surface area (Å²) in [6.45, 7) is 5.62. The van der Waals surface area contributed by atoms with Gasteiger partial charge in [-0.25, -0.2) is 4.68 Å². The Labute approximate surface area is 171 Å². The first kappa shape index (κ1) is 19.8. The van der Waals surface area contributed by atoms with Crippen LogP contribution in [-0.4, -0.2) is 26.8 Å². The van der Waals surface area contributed by atoms with Gasteiger partial charge in [0.2, 0.25) is 5.91 Å². The molecule has 2 amide bonds. The highest BCUT2D eigenvalue weighted by molar-refractivity contribution is 9.10. The minimum atomic E-state index is -0.382. The number of carbonyl (C=O) groups excluding carboxylic acids is 2. The lowest BCUT2D eigenvalue weighted by atomic mass is 10.2. The maximum atomic E-state index is 12.5. The van der Waals surface area contributed by atoms with E-state index in [-0.39, 0.29) is 24.1 Å². The van der Waals surface area contributed by atoms with Gasteiger partial charge in [-0.3, -0.25) is 9.59 Å². The van der Waals surface area contributed by atoms with Gasteiger partial charge in [-0.1, -0.05) is 29.0 Å². The monoisotopic (exact) mass is 441 g/mol. The topological polar surface area (TPSA) is 88.9 Å². The molecule has 0 atom stereocenters. The number of hydrogen-bond acceptors (Lipinski definition) is 4. The van der Waals surface area contributed by atoms with Crippen LogP contribution in [0.2, 0.25) is 0 Å². The fourth-order valence-electron chi connectivity index (χ4n) is 2.60. The number of halogens is 1. The van der Waals surface area contributed by atoms with Crippen LogP contribution in [0.4, 0.5) is 11.4 Å². The van der Waals surface area contributed by atoms with Crippen LogP contribution < -0.4 is 10.6 Å². The summed E-state index contributed by atoms with van der Waals surface area (Å²) in [5, 5.41) is 13.5. The second kappa shape index (κ2) is 8.35. The quantitative estimate of drug-likeness (QED) is 0.628. The van der Waals surface area contributed by atoms with Crippen LogP contribution in [0.15, 0.2) is 46.9 Å². The van der Waals surface area contributed by atoms with Crippen molar-refractivity contribution in [2.24, 2.45) is 0 Å². The van der Waals surface area contributed by atoms with E-state index >= 15 is 0 Å². The summed E-state index contributed by atoms with van der Waals surface area (Å²) in [6.07, 6.45) is 0. The number of anilines is 2. The lowest BCUT2D eigenvalue weighted by Gasteiger charge is -2.08. The predicted octanol–water partition coefficient (Wildman–Crippen LogP) is 3.86. The first-order chi connectivity index (χ1) is 13.3. The molecule has 1 aromatic heterocycles. The van der Waals surface area contributed by atoms with E-state index in [4.69, 9.17) is 0 Å². The maximum Gasteiger partial charge on any atom is 0.278 e. The van der Waals surface area contributed by atoms with Gasteiger partial charge in [0, 0.05) is 10.2 Å². The zero-order chi connectivity index (χ0) is 20.3. The molecule has 28 heavy (non-hydrogen) atoms. The van der Waals surface area contributed by atoms with E-state index in [1.54, 1.807) is 6.92 Å². The molecule has 0 saturated heterocycles. The van der Waals surface area contributed by atoms with Crippen molar-refractivity contribution in [3.8, 4) is 0 Å². The summed E-state index contributed by atoms with van der Waals surface area (Å²) in [5.74, 6) is -0.627. The molecule has 144 valence electrons. The first-order valence-electron chi connectivity index (χ1n) is 8.67. The molecule has 0 aliphatic carbocycles. The molecule has 3 rings (SSSR count). The van der Waals surface area contributed by atoms with Gasteiger partial charge >= 0.3 is 0 Å². The molecule has 2 N–H and O–H groups in total. The maximum absolute atomic E-state index is 12.5. The van der Waals surface area contributed by atoms with Crippen molar-refractivity contribution in [3.05, 3.63) is 69.5 Å². The largest absolute Gasteiger partial charge is 0.324 e. The molecule has 0 saturated carbocycles. The molecule has 7 nitrogen and oxygen atoms in total. The number of aromatic nitrogens is 3. The van der Waals surface area contributed by atoms with Gasteiger partial charge in [0.05, 0.1) is 11.4 Å². The summed E-state index contributed by atoms with van der Waals surface area (Å²) >= 11 is 3.43. The number of hydrogen-bond donors (Lipinski definition) is 2. The second-order valence-electron chi connectivity index (χ2n) is 6.53. The normalized spacial score (nSPS) is 10.6. The lowest BCUT2D eigenvalue weighted by Crippen LogP contribution is -2.21. The fourth-order valence-corrected chi connectivity index (χ4v) is 3.19. The Kier molecular flexibility index (Phi) is 5.89. The Morgan fingerprint density at radius 3 is 2.36 bits per heavy atom. The predicted molar refractivity (Wildman–Crippen MR) is 111 cm³/mol. The van der Waals surface area contributed by atoms with Gasteiger partial charge in [-0.2, -0.15) is 0 Å². The molecule has 2 aromatic carbocycles. The van der Waals surface area contributed by atoms with Crippen molar-refractivity contribution < 1.29 is 9.59 Å². The highest BCUT2D eigenvalue weighted by Gasteiger charge is 2.19. The van der Waals surface area contributed by atoms with Crippen LogP contribution in [-0.2, 0) is 11.3 Å². The van der Waals surface area contributed by atoms with Crippen LogP contribution in [0.1, 0.15) is 27.3 Å². The SMILES string of the molecule is Cc1ccc(NC(=O)Cn2nnc(C(=O)Nc3ccc(C)cc3Br)c2C)cc1. The molecule has 3 aromatic rings. The molecule has 0 radical (unpaired) electrons. The van der Waals surface area contributed by atoms with Crippen LogP contribution in [0.5, 0.6) is 0 Å². The first-order valence-corrected chi connectivity index (χ1v) is 9.47. The molecule has 0 unspecified atom stereocenters. The number of rotatable bonds is 5. The minimum absolute atomic E-state index is 0.0335. The minimum Gasteiger partial charge on any atom is -0.324 e. The molecule has 1 heterocycles. The number of carbonyl (C=O) groups is 2. The molecular weight excluding hydrogens is 422 g/mol. The van der Waals surface area contributed by atoms with E-state index < -0.39 is 0 Å². The Morgan fingerprint density at radius 2 is 1.68 bits per heavy atom. The molecule has 0 spiro atoms. The average Bonchev–Trinajstić information content (AvgIpc) is 3.00. The number of nitrogens with zero attached hydrogens (tertiary/aromatic N) is 3. The summed E-state index contributed by atoms with van der Waals surface area (Å²) < 4.78 is 2.19. The standard InChI is InChI=1S/C20H20BrN5O2/c1-12-4-7-15(8-5-12)22-18(27)11-26-14(3)19(24-25-26)20(28)23-17-9-6-13(2)10-16(17)21/h4-10H,11H2,1-3H3,(H,22,27)(H,23,28). The van der Waals surface area contributed by atoms with Crippen molar-refractivity contribution in [2.45, 2.75) is 27.3 Å². The van der Waals surface area contributed by atoms with E-state index in [9.17, 15) is 9.59 Å². The van der Waals surface area contributed by atoms with E-state index in [1.807, 2.05) is 56.3 Å². The Morgan fingerprint density at radius 1 is 1.00 bits per heavy atom. The molecule has 0 fully saturated rings. The number of benzene rings is 2. The van der Waals surface area contributed by atoms with E-state index in [0.717, 1.165) is 15.6 Å². The van der Waals surface area contributed by atoms with E-state index in [2.05, 4.69) is 36.9 Å². The molecule has 0 aliphatic rings. The average molecular weight is 442 g/mol. The van der Waals surface area contributed by atoms with Gasteiger partial charge in [-0.15, -0.1) is 5.10 Å². The smallest absolute Gasteiger partial charge is 0.278 e. The summed E-state index contributed by atoms with van der Waals surface area (Å²) in [4.78, 5) is 24.8. The molecular formula is C20H20BrN5O2. The Balaban J connectivity index is 1.68. The van der Waals surface area contributed by atoms with Crippen LogP contribution in [0.25, 0.3) is 0 Å². The van der Waals surface area contributed by atoms with Crippen molar-refractivity contribution in [1.29, 1.82) is 0 Å². The second-order valence-corrected chi connectivity index (χ2v) is 7.39. The zero-order valence-corrected chi connectivity index (χ0v) is 17.4. The zero-order valence-electron chi connectivity index (χ0n) is 15.8. The Bertz CT molecular complexity index is 1030. The van der Waals surface area contributed by atoms with Gasteiger partial charge in [0.15, 0.2) is 5.69 Å². The van der Waals surface area contributed by atoms with Gasteiger partial charge in [-0.05, 0) is 66.5 Å². The van der Waals surface area contributed by atoms with E-state index in [0.29, 0.717) is 17.1 Å². The summed E-state index contributed by atoms with van der Waals surface area (Å²) in [6, 6.07) is 13.1. The van der Waals surface area contributed by atoms with Crippen LogP contribution in [0, 0.1) is 20.8 Å². The van der Waals surface area contributed by atoms with E-state index in [1.165, 1.54) is 4.68 Å². The van der Waals surface area contributed by atoms with Crippen LogP contribution >= 0.6 is 15.9 Å². The third-order valence-corrected chi connectivity index (χ3v) is 4.86. The summed E-state index contributed by atoms with van der Waals surface area (Å²) in [5.41, 5.74) is 4.22. The van der Waals surface area contributed by atoms with Crippen molar-refractivity contribution in [2.75, 3.05) is 10.6 Å². The lowest BCUT2D eigenvalue weighted by molar-refractivity contribution is -0.117.